The zero-order chi connectivity index (χ0) is 18.7. The lowest BCUT2D eigenvalue weighted by atomic mass is 10.2. The van der Waals surface area contributed by atoms with Crippen LogP contribution >= 0.6 is 11.8 Å². The van der Waals surface area contributed by atoms with Gasteiger partial charge in [0.05, 0.1) is 5.52 Å². The Morgan fingerprint density at radius 3 is 2.65 bits per heavy atom. The summed E-state index contributed by atoms with van der Waals surface area (Å²) in [6.07, 6.45) is 0. The van der Waals surface area contributed by atoms with Gasteiger partial charge in [0.2, 0.25) is 5.16 Å². The molecule has 3 aromatic rings. The van der Waals surface area contributed by atoms with E-state index in [1.807, 2.05) is 6.07 Å². The Hall–Kier alpha value is -1.73. The van der Waals surface area contributed by atoms with E-state index in [1.54, 1.807) is 11.8 Å². The lowest BCUT2D eigenvalue weighted by Gasteiger charge is -2.16. The zero-order valence-corrected chi connectivity index (χ0v) is 16.7. The van der Waals surface area contributed by atoms with E-state index in [-0.39, 0.29) is 5.82 Å². The summed E-state index contributed by atoms with van der Waals surface area (Å²) < 4.78 is 15.9. The molecule has 1 aromatic carbocycles. The van der Waals surface area contributed by atoms with Crippen molar-refractivity contribution in [3.05, 3.63) is 24.0 Å². The summed E-state index contributed by atoms with van der Waals surface area (Å²) in [5.41, 5.74) is 2.43. The molecule has 140 valence electrons. The highest BCUT2D eigenvalue weighted by Gasteiger charge is 2.16. The summed E-state index contributed by atoms with van der Waals surface area (Å²) in [5, 5.41) is 10.1. The van der Waals surface area contributed by atoms with Gasteiger partial charge in [-0.25, -0.2) is 9.37 Å². The molecule has 7 heteroatoms. The molecule has 5 nitrogen and oxygen atoms in total. The second-order valence-electron chi connectivity index (χ2n) is 6.81. The van der Waals surface area contributed by atoms with E-state index < -0.39 is 0 Å². The van der Waals surface area contributed by atoms with Gasteiger partial charge in [0.15, 0.2) is 5.65 Å². The SMILES string of the molecule is CCN(CC)CCSc1nnc2c3cc(F)ccc3n(CC(C)C)c2n1. The topological polar surface area (TPSA) is 46.8 Å². The van der Waals surface area contributed by atoms with Gasteiger partial charge in [0.1, 0.15) is 11.3 Å². The van der Waals surface area contributed by atoms with E-state index in [1.165, 1.54) is 12.1 Å². The monoisotopic (exact) mass is 375 g/mol. The van der Waals surface area contributed by atoms with Crippen LogP contribution in [-0.4, -0.2) is 50.0 Å². The number of thioether (sulfide) groups is 1. The Bertz CT molecular complexity index is 888. The number of rotatable bonds is 8. The summed E-state index contributed by atoms with van der Waals surface area (Å²) in [6.45, 7) is 12.6. The molecule has 0 atom stereocenters. The van der Waals surface area contributed by atoms with E-state index in [4.69, 9.17) is 4.98 Å². The Labute approximate surface area is 158 Å². The van der Waals surface area contributed by atoms with Crippen molar-refractivity contribution in [3.8, 4) is 0 Å². The highest BCUT2D eigenvalue weighted by atomic mass is 32.2. The van der Waals surface area contributed by atoms with Gasteiger partial charge in [-0.3, -0.25) is 0 Å². The van der Waals surface area contributed by atoms with E-state index in [2.05, 4.69) is 47.4 Å². The van der Waals surface area contributed by atoms with Gasteiger partial charge in [-0.2, -0.15) is 0 Å². The highest BCUT2D eigenvalue weighted by molar-refractivity contribution is 7.99. The number of benzene rings is 1. The molecule has 3 rings (SSSR count). The van der Waals surface area contributed by atoms with Crippen LogP contribution in [-0.2, 0) is 6.54 Å². The predicted molar refractivity (Wildman–Crippen MR) is 106 cm³/mol. The second kappa shape index (κ2) is 8.31. The van der Waals surface area contributed by atoms with Gasteiger partial charge in [-0.15, -0.1) is 10.2 Å². The van der Waals surface area contributed by atoms with Crippen LogP contribution in [0.5, 0.6) is 0 Å². The first kappa shape index (κ1) is 19.0. The van der Waals surface area contributed by atoms with Gasteiger partial charge in [0, 0.05) is 24.2 Å². The van der Waals surface area contributed by atoms with Crippen molar-refractivity contribution in [2.24, 2.45) is 5.92 Å². The average Bonchev–Trinajstić information content (AvgIpc) is 2.91. The maximum Gasteiger partial charge on any atom is 0.211 e. The Kier molecular flexibility index (Phi) is 6.09. The maximum absolute atomic E-state index is 13.7. The molecule has 0 bridgehead atoms. The molecule has 26 heavy (non-hydrogen) atoms. The lowest BCUT2D eigenvalue weighted by molar-refractivity contribution is 0.324. The molecule has 0 unspecified atom stereocenters. The molecule has 0 amide bonds. The molecule has 2 aromatic heterocycles. The first-order chi connectivity index (χ1) is 12.5. The van der Waals surface area contributed by atoms with Gasteiger partial charge < -0.3 is 9.47 Å². The fraction of sp³-hybridized carbons (Fsp3) is 0.526. The molecule has 0 saturated carbocycles. The Morgan fingerprint density at radius 1 is 1.19 bits per heavy atom. The van der Waals surface area contributed by atoms with Gasteiger partial charge >= 0.3 is 0 Å². The van der Waals surface area contributed by atoms with Crippen molar-refractivity contribution >= 4 is 33.8 Å². The van der Waals surface area contributed by atoms with Gasteiger partial charge in [-0.1, -0.05) is 39.5 Å². The third kappa shape index (κ3) is 3.99. The quantitative estimate of drug-likeness (QED) is 0.552. The van der Waals surface area contributed by atoms with Gasteiger partial charge in [0.25, 0.3) is 0 Å². The zero-order valence-electron chi connectivity index (χ0n) is 15.9. The van der Waals surface area contributed by atoms with Crippen molar-refractivity contribution in [3.63, 3.8) is 0 Å². The number of hydrogen-bond donors (Lipinski definition) is 0. The third-order valence-corrected chi connectivity index (χ3v) is 5.31. The maximum atomic E-state index is 13.7. The minimum atomic E-state index is -0.263. The van der Waals surface area contributed by atoms with Crippen LogP contribution in [0.15, 0.2) is 23.4 Å². The molecule has 0 aliphatic rings. The van der Waals surface area contributed by atoms with Crippen LogP contribution in [0.1, 0.15) is 27.7 Å². The van der Waals surface area contributed by atoms with E-state index in [0.29, 0.717) is 16.6 Å². The molecule has 0 spiro atoms. The van der Waals surface area contributed by atoms with Crippen molar-refractivity contribution in [2.75, 3.05) is 25.4 Å². The third-order valence-electron chi connectivity index (χ3n) is 4.49. The lowest BCUT2D eigenvalue weighted by Crippen LogP contribution is -2.25. The number of fused-ring (bicyclic) bond motifs is 3. The molecule has 2 heterocycles. The standard InChI is InChI=1S/C19H26FN5S/c1-5-24(6-2)9-10-26-19-21-18-17(22-23-19)15-11-14(20)7-8-16(15)25(18)12-13(3)4/h7-8,11,13H,5-6,9-10,12H2,1-4H3. The van der Waals surface area contributed by atoms with Crippen molar-refractivity contribution in [1.29, 1.82) is 0 Å². The second-order valence-corrected chi connectivity index (χ2v) is 7.87. The molecule has 0 N–H and O–H groups in total. The van der Waals surface area contributed by atoms with Crippen molar-refractivity contribution < 1.29 is 4.39 Å². The summed E-state index contributed by atoms with van der Waals surface area (Å²) in [7, 11) is 0. The summed E-state index contributed by atoms with van der Waals surface area (Å²) >= 11 is 1.62. The number of aromatic nitrogens is 4. The molecule has 0 aliphatic heterocycles. The minimum Gasteiger partial charge on any atom is -0.324 e. The van der Waals surface area contributed by atoms with Crippen LogP contribution in [0, 0.1) is 11.7 Å². The average molecular weight is 376 g/mol. The molecule has 0 saturated heterocycles. The Morgan fingerprint density at radius 2 is 1.96 bits per heavy atom. The molecular weight excluding hydrogens is 349 g/mol. The van der Waals surface area contributed by atoms with Crippen molar-refractivity contribution in [2.45, 2.75) is 39.4 Å². The summed E-state index contributed by atoms with van der Waals surface area (Å²) in [6, 6.07) is 4.83. The van der Waals surface area contributed by atoms with Crippen LogP contribution in [0.4, 0.5) is 4.39 Å². The number of hydrogen-bond acceptors (Lipinski definition) is 5. The Balaban J connectivity index is 1.95. The van der Waals surface area contributed by atoms with Gasteiger partial charge in [-0.05, 0) is 37.2 Å². The van der Waals surface area contributed by atoms with E-state index in [9.17, 15) is 4.39 Å². The molecule has 0 aliphatic carbocycles. The number of halogens is 1. The first-order valence-electron chi connectivity index (χ1n) is 9.20. The van der Waals surface area contributed by atoms with E-state index >= 15 is 0 Å². The van der Waals surface area contributed by atoms with Crippen LogP contribution in [0.2, 0.25) is 0 Å². The largest absolute Gasteiger partial charge is 0.324 e. The van der Waals surface area contributed by atoms with Crippen LogP contribution < -0.4 is 0 Å². The van der Waals surface area contributed by atoms with Crippen molar-refractivity contribution in [1.82, 2.24) is 24.6 Å². The highest BCUT2D eigenvalue weighted by Crippen LogP contribution is 2.28. The predicted octanol–water partition coefficient (Wildman–Crippen LogP) is 4.21. The smallest absolute Gasteiger partial charge is 0.211 e. The molecule has 0 radical (unpaired) electrons. The molecular formula is C19H26FN5S. The summed E-state index contributed by atoms with van der Waals surface area (Å²) in [4.78, 5) is 7.13. The first-order valence-corrected chi connectivity index (χ1v) is 10.2. The summed E-state index contributed by atoms with van der Waals surface area (Å²) in [5.74, 6) is 1.11. The molecule has 0 fully saturated rings. The fourth-order valence-electron chi connectivity index (χ4n) is 3.13. The van der Waals surface area contributed by atoms with E-state index in [0.717, 1.165) is 48.5 Å². The fourth-order valence-corrected chi connectivity index (χ4v) is 3.91. The normalized spacial score (nSPS) is 12.1. The van der Waals surface area contributed by atoms with Crippen LogP contribution in [0.3, 0.4) is 0 Å². The van der Waals surface area contributed by atoms with Crippen LogP contribution in [0.25, 0.3) is 22.1 Å². The minimum absolute atomic E-state index is 0.263. The number of nitrogens with zero attached hydrogens (tertiary/aromatic N) is 5.